The van der Waals surface area contributed by atoms with Crippen molar-refractivity contribution in [1.29, 1.82) is 5.26 Å². The van der Waals surface area contributed by atoms with Crippen LogP contribution in [0.1, 0.15) is 6.42 Å². The Morgan fingerprint density at radius 2 is 2.00 bits per heavy atom. The number of fused-ring (bicyclic) bond motifs is 1. The maximum absolute atomic E-state index is 13.0. The predicted molar refractivity (Wildman–Crippen MR) is 119 cm³/mol. The number of aromatic amines is 1. The molecule has 0 fully saturated rings. The van der Waals surface area contributed by atoms with Gasteiger partial charge in [-0.2, -0.15) is 5.26 Å². The van der Waals surface area contributed by atoms with Gasteiger partial charge in [0.15, 0.2) is 17.3 Å². The molecule has 0 saturated carbocycles. The molecule has 164 valence electrons. The highest BCUT2D eigenvalue weighted by Gasteiger charge is 2.20. The van der Waals surface area contributed by atoms with Crippen molar-refractivity contribution >= 4 is 23.4 Å². The van der Waals surface area contributed by atoms with Crippen LogP contribution in [0.25, 0.3) is 11.4 Å². The van der Waals surface area contributed by atoms with Crippen LogP contribution in [0, 0.1) is 11.3 Å². The molecule has 1 aliphatic heterocycles. The predicted octanol–water partition coefficient (Wildman–Crippen LogP) is 3.29. The van der Waals surface area contributed by atoms with Gasteiger partial charge in [-0.25, -0.2) is 4.98 Å². The summed E-state index contributed by atoms with van der Waals surface area (Å²) in [5.41, 5.74) is 1.52. The summed E-state index contributed by atoms with van der Waals surface area (Å²) in [6.07, 6.45) is 0.215. The normalized spacial score (nSPS) is 12.1. The summed E-state index contributed by atoms with van der Waals surface area (Å²) < 4.78 is 16.3. The first-order valence-electron chi connectivity index (χ1n) is 9.94. The third-order valence-electron chi connectivity index (χ3n) is 4.74. The third kappa shape index (κ3) is 4.95. The van der Waals surface area contributed by atoms with Gasteiger partial charge >= 0.3 is 0 Å². The molecule has 0 aliphatic carbocycles. The minimum Gasteiger partial charge on any atom is -0.497 e. The zero-order valence-corrected chi connectivity index (χ0v) is 18.2. The number of thioether (sulfide) groups is 1. The zero-order chi connectivity index (χ0) is 22.3. The number of rotatable bonds is 8. The van der Waals surface area contributed by atoms with E-state index < -0.39 is 0 Å². The molecule has 2 heterocycles. The van der Waals surface area contributed by atoms with Gasteiger partial charge in [0.1, 0.15) is 19.0 Å². The van der Waals surface area contributed by atoms with Crippen molar-refractivity contribution in [1.82, 2.24) is 15.2 Å². The molecule has 0 atom stereocenters. The fourth-order valence-electron chi connectivity index (χ4n) is 3.15. The monoisotopic (exact) mass is 451 g/mol. The van der Waals surface area contributed by atoms with Crippen LogP contribution in [-0.2, 0) is 4.79 Å². The van der Waals surface area contributed by atoms with Gasteiger partial charge in [0.25, 0.3) is 0 Å². The van der Waals surface area contributed by atoms with Crippen LogP contribution in [0.15, 0.2) is 47.6 Å². The zero-order valence-electron chi connectivity index (χ0n) is 17.4. The molecular formula is C22H21N5O4S. The molecule has 0 bridgehead atoms. The van der Waals surface area contributed by atoms with E-state index in [2.05, 4.69) is 21.3 Å². The first-order chi connectivity index (χ1) is 15.7. The number of nitrogens with one attached hydrogen (secondary N) is 1. The van der Waals surface area contributed by atoms with Crippen LogP contribution >= 0.6 is 11.8 Å². The van der Waals surface area contributed by atoms with E-state index in [1.807, 2.05) is 24.3 Å². The molecule has 1 amide bonds. The number of ether oxygens (including phenoxy) is 3. The Hall–Kier alpha value is -3.71. The molecular weight excluding hydrogens is 430 g/mol. The summed E-state index contributed by atoms with van der Waals surface area (Å²) in [6.45, 7) is 1.23. The van der Waals surface area contributed by atoms with Crippen molar-refractivity contribution in [3.05, 3.63) is 42.5 Å². The van der Waals surface area contributed by atoms with Crippen molar-refractivity contribution < 1.29 is 19.0 Å². The first-order valence-corrected chi connectivity index (χ1v) is 10.9. The van der Waals surface area contributed by atoms with E-state index in [0.29, 0.717) is 41.4 Å². The highest BCUT2D eigenvalue weighted by atomic mass is 32.2. The van der Waals surface area contributed by atoms with E-state index >= 15 is 0 Å². The number of hydrogen-bond acceptors (Lipinski definition) is 8. The van der Waals surface area contributed by atoms with E-state index in [1.165, 1.54) is 11.8 Å². The highest BCUT2D eigenvalue weighted by Crippen LogP contribution is 2.34. The second-order valence-electron chi connectivity index (χ2n) is 6.77. The van der Waals surface area contributed by atoms with E-state index in [4.69, 9.17) is 19.5 Å². The van der Waals surface area contributed by atoms with Gasteiger partial charge in [0.05, 0.1) is 25.4 Å². The Bertz CT molecular complexity index is 1130. The van der Waals surface area contributed by atoms with Crippen molar-refractivity contribution in [2.75, 3.05) is 37.5 Å². The summed E-state index contributed by atoms with van der Waals surface area (Å²) in [5, 5.41) is 16.6. The van der Waals surface area contributed by atoms with Crippen LogP contribution in [0.4, 0.5) is 5.69 Å². The van der Waals surface area contributed by atoms with Crippen LogP contribution in [-0.4, -0.2) is 53.7 Å². The molecule has 1 aliphatic rings. The molecule has 0 spiro atoms. The number of nitrogens with zero attached hydrogens (tertiary/aromatic N) is 4. The van der Waals surface area contributed by atoms with Crippen LogP contribution in [0.2, 0.25) is 0 Å². The highest BCUT2D eigenvalue weighted by molar-refractivity contribution is 7.99. The largest absolute Gasteiger partial charge is 0.497 e. The van der Waals surface area contributed by atoms with E-state index in [0.717, 1.165) is 11.3 Å². The fourth-order valence-corrected chi connectivity index (χ4v) is 3.83. The summed E-state index contributed by atoms with van der Waals surface area (Å²) in [7, 11) is 1.61. The van der Waals surface area contributed by atoms with Gasteiger partial charge < -0.3 is 19.1 Å². The van der Waals surface area contributed by atoms with Crippen LogP contribution < -0.4 is 19.1 Å². The van der Waals surface area contributed by atoms with Crippen molar-refractivity contribution in [3.63, 3.8) is 0 Å². The molecule has 0 unspecified atom stereocenters. The number of nitriles is 1. The smallest absolute Gasteiger partial charge is 0.237 e. The minimum atomic E-state index is -0.155. The summed E-state index contributed by atoms with van der Waals surface area (Å²) in [6, 6.07) is 14.9. The molecule has 10 heteroatoms. The summed E-state index contributed by atoms with van der Waals surface area (Å²) in [4.78, 5) is 19.0. The molecule has 9 nitrogen and oxygen atoms in total. The number of amides is 1. The van der Waals surface area contributed by atoms with Crippen LogP contribution in [0.5, 0.6) is 17.2 Å². The van der Waals surface area contributed by atoms with Crippen LogP contribution in [0.3, 0.4) is 0 Å². The van der Waals surface area contributed by atoms with Gasteiger partial charge in [-0.3, -0.25) is 9.89 Å². The second-order valence-corrected chi connectivity index (χ2v) is 7.71. The number of benzene rings is 2. The second kappa shape index (κ2) is 10.1. The Morgan fingerprint density at radius 3 is 2.75 bits per heavy atom. The van der Waals surface area contributed by atoms with Gasteiger partial charge in [-0.05, 0) is 36.4 Å². The summed E-state index contributed by atoms with van der Waals surface area (Å²) in [5.74, 6) is 2.57. The van der Waals surface area contributed by atoms with Crippen molar-refractivity contribution in [2.24, 2.45) is 0 Å². The quantitative estimate of drug-likeness (QED) is 0.519. The topological polar surface area (TPSA) is 113 Å². The molecule has 1 aromatic heterocycles. The Labute approximate surface area is 189 Å². The SMILES string of the molecule is COc1ccc(-c2nc(SCC(=O)N(CCC#N)c3ccc4c(c3)OCCO4)n[nH]2)cc1. The molecule has 3 aromatic rings. The van der Waals surface area contributed by atoms with Gasteiger partial charge in [-0.15, -0.1) is 5.10 Å². The average molecular weight is 452 g/mol. The molecule has 2 aromatic carbocycles. The first kappa shape index (κ1) is 21.5. The number of methoxy groups -OCH3 is 1. The third-order valence-corrected chi connectivity index (χ3v) is 5.57. The fraction of sp³-hybridized carbons (Fsp3) is 0.273. The number of aromatic nitrogens is 3. The lowest BCUT2D eigenvalue weighted by Crippen LogP contribution is -2.33. The van der Waals surface area contributed by atoms with E-state index in [9.17, 15) is 4.79 Å². The number of anilines is 1. The Balaban J connectivity index is 1.43. The minimum absolute atomic E-state index is 0.125. The number of carbonyl (C=O) groups excluding carboxylic acids is 1. The van der Waals surface area contributed by atoms with Gasteiger partial charge in [-0.1, -0.05) is 11.8 Å². The lowest BCUT2D eigenvalue weighted by molar-refractivity contribution is -0.116. The number of carbonyl (C=O) groups is 1. The van der Waals surface area contributed by atoms with Crippen molar-refractivity contribution in [2.45, 2.75) is 11.6 Å². The van der Waals surface area contributed by atoms with Gasteiger partial charge in [0, 0.05) is 23.9 Å². The van der Waals surface area contributed by atoms with E-state index in [1.54, 1.807) is 30.2 Å². The standard InChI is InChI=1S/C22H21N5O4S/c1-29-17-6-3-15(4-7-17)21-24-22(26-25-21)32-14-20(28)27(10-2-9-23)16-5-8-18-19(13-16)31-12-11-30-18/h3-8,13H,2,10-12,14H2,1H3,(H,24,25,26). The molecule has 1 N–H and O–H groups in total. The summed E-state index contributed by atoms with van der Waals surface area (Å²) >= 11 is 1.23. The lowest BCUT2D eigenvalue weighted by atomic mass is 10.2. The number of hydrogen-bond donors (Lipinski definition) is 1. The maximum atomic E-state index is 13.0. The van der Waals surface area contributed by atoms with Crippen molar-refractivity contribution in [3.8, 4) is 34.7 Å². The molecule has 0 radical (unpaired) electrons. The molecule has 32 heavy (non-hydrogen) atoms. The molecule has 4 rings (SSSR count). The number of H-pyrrole nitrogens is 1. The Morgan fingerprint density at radius 1 is 1.22 bits per heavy atom. The Kier molecular flexibility index (Phi) is 6.77. The van der Waals surface area contributed by atoms with Gasteiger partial charge in [0.2, 0.25) is 11.1 Å². The molecule has 0 saturated heterocycles. The average Bonchev–Trinajstić information content (AvgIpc) is 3.32. The maximum Gasteiger partial charge on any atom is 0.237 e. The van der Waals surface area contributed by atoms with E-state index in [-0.39, 0.29) is 24.6 Å². The lowest BCUT2D eigenvalue weighted by Gasteiger charge is -2.24.